The van der Waals surface area contributed by atoms with Gasteiger partial charge in [0, 0.05) is 23.8 Å². The normalized spacial score (nSPS) is 20.0. The van der Waals surface area contributed by atoms with Crippen LogP contribution in [0.5, 0.6) is 0 Å². The van der Waals surface area contributed by atoms with Crippen LogP contribution in [0.25, 0.3) is 11.4 Å². The number of aromatic nitrogens is 3. The zero-order valence-corrected chi connectivity index (χ0v) is 17.8. The van der Waals surface area contributed by atoms with Crippen LogP contribution in [-0.2, 0) is 9.63 Å². The van der Waals surface area contributed by atoms with Crippen molar-refractivity contribution >= 4 is 22.9 Å². The van der Waals surface area contributed by atoms with Gasteiger partial charge in [0.15, 0.2) is 5.13 Å². The molecule has 0 aromatic carbocycles. The molecule has 7 nitrogen and oxygen atoms in total. The lowest BCUT2D eigenvalue weighted by Crippen LogP contribution is -2.38. The molecule has 2 aromatic heterocycles. The summed E-state index contributed by atoms with van der Waals surface area (Å²) in [5.41, 5.74) is 2.23. The highest BCUT2D eigenvalue weighted by Gasteiger charge is 2.25. The Morgan fingerprint density at radius 1 is 1.25 bits per heavy atom. The molecule has 0 saturated heterocycles. The number of anilines is 1. The summed E-state index contributed by atoms with van der Waals surface area (Å²) in [6.07, 6.45) is 8.44. The highest BCUT2D eigenvalue weighted by molar-refractivity contribution is 7.14. The summed E-state index contributed by atoms with van der Waals surface area (Å²) in [7, 11) is 0. The number of nitrogens with one attached hydrogen (secondary N) is 1. The van der Waals surface area contributed by atoms with Gasteiger partial charge < -0.3 is 5.32 Å². The second kappa shape index (κ2) is 8.96. The van der Waals surface area contributed by atoms with Gasteiger partial charge in [0.25, 0.3) is 0 Å². The molecule has 1 amide bonds. The third-order valence-electron chi connectivity index (χ3n) is 4.75. The van der Waals surface area contributed by atoms with Crippen molar-refractivity contribution in [3.63, 3.8) is 0 Å². The van der Waals surface area contributed by atoms with Crippen molar-refractivity contribution in [2.24, 2.45) is 5.92 Å². The molecule has 2 aromatic rings. The van der Waals surface area contributed by atoms with Crippen LogP contribution < -0.4 is 5.32 Å². The highest BCUT2D eigenvalue weighted by atomic mass is 32.1. The summed E-state index contributed by atoms with van der Waals surface area (Å²) in [4.78, 5) is 30.3. The number of aryl methyl sites for hydroxylation is 1. The van der Waals surface area contributed by atoms with E-state index in [1.54, 1.807) is 23.7 Å². The summed E-state index contributed by atoms with van der Waals surface area (Å²) >= 11 is 1.60. The van der Waals surface area contributed by atoms with E-state index < -0.39 is 0 Å². The lowest BCUT2D eigenvalue weighted by atomic mass is 9.86. The van der Waals surface area contributed by atoms with Crippen molar-refractivity contribution in [3.8, 4) is 11.4 Å². The molecule has 1 aliphatic rings. The van der Waals surface area contributed by atoms with Crippen molar-refractivity contribution in [2.45, 2.75) is 65.0 Å². The zero-order valence-electron chi connectivity index (χ0n) is 17.0. The maximum Gasteiger partial charge on any atom is 0.233 e. The van der Waals surface area contributed by atoms with E-state index in [9.17, 15) is 4.79 Å². The smallest absolute Gasteiger partial charge is 0.233 e. The van der Waals surface area contributed by atoms with E-state index in [-0.39, 0.29) is 5.60 Å². The minimum absolute atomic E-state index is 0.357. The number of thiazole rings is 1. The second-order valence-corrected chi connectivity index (χ2v) is 9.16. The lowest BCUT2D eigenvalue weighted by molar-refractivity contribution is -0.220. The Balaban J connectivity index is 1.50. The van der Waals surface area contributed by atoms with Crippen molar-refractivity contribution in [3.05, 3.63) is 23.5 Å². The third kappa shape index (κ3) is 5.72. The molecule has 8 heteroatoms. The Hall–Kier alpha value is -2.06. The Bertz CT molecular complexity index is 781. The Morgan fingerprint density at radius 3 is 2.61 bits per heavy atom. The van der Waals surface area contributed by atoms with Gasteiger partial charge in [0.1, 0.15) is 11.4 Å². The van der Waals surface area contributed by atoms with Crippen molar-refractivity contribution in [1.82, 2.24) is 20.0 Å². The van der Waals surface area contributed by atoms with Gasteiger partial charge in [-0.2, -0.15) is 0 Å². The third-order valence-corrected chi connectivity index (χ3v) is 5.52. The highest BCUT2D eigenvalue weighted by Crippen LogP contribution is 2.30. The van der Waals surface area contributed by atoms with Gasteiger partial charge in [-0.1, -0.05) is 0 Å². The number of carbonyl (C=O) groups is 1. The van der Waals surface area contributed by atoms with Gasteiger partial charge in [-0.25, -0.2) is 10.0 Å². The number of carbonyl (C=O) groups excluding carboxylic acids is 1. The first kappa shape index (κ1) is 20.7. The first-order chi connectivity index (χ1) is 13.3. The molecule has 0 aliphatic heterocycles. The summed E-state index contributed by atoms with van der Waals surface area (Å²) in [5, 5.41) is 7.96. The van der Waals surface area contributed by atoms with Crippen molar-refractivity contribution in [1.29, 1.82) is 0 Å². The molecule has 0 unspecified atom stereocenters. The quantitative estimate of drug-likeness (QED) is 0.554. The fourth-order valence-electron chi connectivity index (χ4n) is 3.48. The standard InChI is InChI=1S/C20H29N5O2S/c1-14-18(22-10-9-21-14)17-12-28-19(24-17)23-16-7-5-15(6-8-16)11-25(13-26)27-20(2,3)4/h9-10,12-13,15-16H,5-8,11H2,1-4H3,(H,23,24)/t15-,16-. The molecule has 0 radical (unpaired) electrons. The minimum Gasteiger partial charge on any atom is -0.359 e. The fraction of sp³-hybridized carbons (Fsp3) is 0.600. The van der Waals surface area contributed by atoms with E-state index >= 15 is 0 Å². The van der Waals surface area contributed by atoms with E-state index in [1.807, 2.05) is 33.1 Å². The Kier molecular flexibility index (Phi) is 6.61. The molecule has 3 rings (SSSR count). The number of hydrogen-bond acceptors (Lipinski definition) is 7. The van der Waals surface area contributed by atoms with E-state index in [0.717, 1.165) is 54.3 Å². The predicted octanol–water partition coefficient (Wildman–Crippen LogP) is 4.07. The summed E-state index contributed by atoms with van der Waals surface area (Å²) in [6, 6.07) is 0.409. The van der Waals surface area contributed by atoms with Crippen molar-refractivity contribution in [2.75, 3.05) is 11.9 Å². The average molecular weight is 404 g/mol. The van der Waals surface area contributed by atoms with Crippen LogP contribution in [0.1, 0.15) is 52.1 Å². The van der Waals surface area contributed by atoms with E-state index in [0.29, 0.717) is 18.5 Å². The summed E-state index contributed by atoms with van der Waals surface area (Å²) in [6.45, 7) is 8.46. The summed E-state index contributed by atoms with van der Waals surface area (Å²) < 4.78 is 0. The molecule has 0 atom stereocenters. The second-order valence-electron chi connectivity index (χ2n) is 8.30. The van der Waals surface area contributed by atoms with Crippen LogP contribution in [0.4, 0.5) is 5.13 Å². The van der Waals surface area contributed by atoms with Crippen LogP contribution >= 0.6 is 11.3 Å². The molecule has 0 spiro atoms. The Morgan fingerprint density at radius 2 is 1.96 bits per heavy atom. The number of hydrogen-bond donors (Lipinski definition) is 1. The Labute approximate surface area is 170 Å². The number of rotatable bonds is 7. The van der Waals surface area contributed by atoms with Crippen LogP contribution in [0.2, 0.25) is 0 Å². The van der Waals surface area contributed by atoms with E-state index in [1.165, 1.54) is 5.06 Å². The molecule has 1 saturated carbocycles. The first-order valence-electron chi connectivity index (χ1n) is 9.75. The predicted molar refractivity (Wildman–Crippen MR) is 111 cm³/mol. The van der Waals surface area contributed by atoms with Gasteiger partial charge in [-0.05, 0) is 59.3 Å². The topological polar surface area (TPSA) is 80.2 Å². The lowest BCUT2D eigenvalue weighted by Gasteiger charge is -2.33. The maximum atomic E-state index is 11.3. The number of amides is 1. The van der Waals surface area contributed by atoms with Gasteiger partial charge in [0.05, 0.1) is 17.8 Å². The van der Waals surface area contributed by atoms with Crippen molar-refractivity contribution < 1.29 is 9.63 Å². The monoisotopic (exact) mass is 403 g/mol. The SMILES string of the molecule is Cc1nccnc1-c1csc(N[C@H]2CC[C@H](CN(C=O)OC(C)(C)C)CC2)n1. The van der Waals surface area contributed by atoms with E-state index in [2.05, 4.69) is 20.3 Å². The average Bonchev–Trinajstić information content (AvgIpc) is 3.10. The molecule has 152 valence electrons. The first-order valence-corrected chi connectivity index (χ1v) is 10.6. The largest absolute Gasteiger partial charge is 0.359 e. The number of nitrogens with zero attached hydrogens (tertiary/aromatic N) is 4. The summed E-state index contributed by atoms with van der Waals surface area (Å²) in [5.74, 6) is 0.472. The minimum atomic E-state index is -0.357. The van der Waals surface area contributed by atoms with Crippen LogP contribution in [-0.4, -0.2) is 44.6 Å². The van der Waals surface area contributed by atoms with Crippen LogP contribution in [0.3, 0.4) is 0 Å². The molecule has 0 bridgehead atoms. The molecular formula is C20H29N5O2S. The number of hydroxylamine groups is 2. The maximum absolute atomic E-state index is 11.3. The van der Waals surface area contributed by atoms with Gasteiger partial charge in [-0.3, -0.25) is 19.6 Å². The van der Waals surface area contributed by atoms with Gasteiger partial charge in [0.2, 0.25) is 6.41 Å². The molecule has 2 heterocycles. The molecule has 28 heavy (non-hydrogen) atoms. The molecular weight excluding hydrogens is 374 g/mol. The van der Waals surface area contributed by atoms with Gasteiger partial charge >= 0.3 is 0 Å². The zero-order chi connectivity index (χ0) is 20.1. The molecule has 1 fully saturated rings. The molecule has 1 N–H and O–H groups in total. The van der Waals surface area contributed by atoms with Crippen LogP contribution in [0, 0.1) is 12.8 Å². The molecule has 1 aliphatic carbocycles. The van der Waals surface area contributed by atoms with Gasteiger partial charge in [-0.15, -0.1) is 11.3 Å². The fourth-order valence-corrected chi connectivity index (χ4v) is 4.25. The van der Waals surface area contributed by atoms with E-state index in [4.69, 9.17) is 4.84 Å². The van der Waals surface area contributed by atoms with Crippen LogP contribution in [0.15, 0.2) is 17.8 Å².